The Hall–Kier alpha value is -2.77. The monoisotopic (exact) mass is 469 g/mol. The molecular weight excluding hydrogens is 438 g/mol. The molecule has 0 bridgehead atoms. The molecule has 178 valence electrons. The van der Waals surface area contributed by atoms with Gasteiger partial charge in [0.05, 0.1) is 31.0 Å². The van der Waals surface area contributed by atoms with E-state index in [-0.39, 0.29) is 10.9 Å². The number of hydrogen-bond donors (Lipinski definition) is 7. The van der Waals surface area contributed by atoms with Crippen LogP contribution in [0.2, 0.25) is 0 Å². The van der Waals surface area contributed by atoms with Crippen molar-refractivity contribution in [2.75, 3.05) is 25.1 Å². The summed E-state index contributed by atoms with van der Waals surface area (Å²) in [4.78, 5) is 15.5. The smallest absolute Gasteiger partial charge is 0.328 e. The maximum absolute atomic E-state index is 12.5. The van der Waals surface area contributed by atoms with Crippen LogP contribution in [0.1, 0.15) is 19.4 Å². The Morgan fingerprint density at radius 1 is 1.16 bits per heavy atom. The third kappa shape index (κ3) is 8.77. The van der Waals surface area contributed by atoms with Gasteiger partial charge in [0.25, 0.3) is 10.0 Å². The third-order valence-electron chi connectivity index (χ3n) is 3.96. The van der Waals surface area contributed by atoms with Gasteiger partial charge in [0, 0.05) is 24.1 Å². The quantitative estimate of drug-likeness (QED) is 0.283. The predicted molar refractivity (Wildman–Crippen MR) is 121 cm³/mol. The molecule has 0 atom stereocenters. The molecule has 0 aliphatic heterocycles. The van der Waals surface area contributed by atoms with Crippen LogP contribution in [0.3, 0.4) is 0 Å². The first-order valence-electron chi connectivity index (χ1n) is 9.69. The van der Waals surface area contributed by atoms with Crippen molar-refractivity contribution in [3.63, 3.8) is 0 Å². The van der Waals surface area contributed by atoms with Crippen LogP contribution in [0, 0.1) is 6.92 Å². The minimum atomic E-state index is -4.05. The average Bonchev–Trinajstić information content (AvgIpc) is 2.73. The highest BCUT2D eigenvalue weighted by Gasteiger charge is 2.22. The van der Waals surface area contributed by atoms with Crippen LogP contribution in [0.15, 0.2) is 47.6 Å². The Morgan fingerprint density at radius 3 is 2.28 bits per heavy atom. The highest BCUT2D eigenvalue weighted by Crippen LogP contribution is 2.24. The van der Waals surface area contributed by atoms with Gasteiger partial charge in [0.2, 0.25) is 0 Å². The summed E-state index contributed by atoms with van der Waals surface area (Å²) in [5.74, 6) is 0. The molecule has 2 rings (SSSR count). The average molecular weight is 470 g/mol. The number of urea groups is 1. The van der Waals surface area contributed by atoms with Gasteiger partial charge in [0.1, 0.15) is 4.90 Å². The fourth-order valence-corrected chi connectivity index (χ4v) is 3.22. The number of rotatable bonds is 8. The van der Waals surface area contributed by atoms with Gasteiger partial charge in [-0.2, -0.15) is 0 Å². The number of sulfonamides is 1. The van der Waals surface area contributed by atoms with Crippen LogP contribution in [0.25, 0.3) is 0 Å². The van der Waals surface area contributed by atoms with Crippen LogP contribution < -0.4 is 21.1 Å². The van der Waals surface area contributed by atoms with E-state index in [9.17, 15) is 13.2 Å². The fraction of sp³-hybridized carbons (Fsp3) is 0.400. The number of aromatic nitrogens is 1. The first kappa shape index (κ1) is 27.3. The Morgan fingerprint density at radius 2 is 1.78 bits per heavy atom. The number of aliphatic hydroxyl groups excluding tert-OH is 3. The van der Waals surface area contributed by atoms with E-state index in [1.807, 2.05) is 35.9 Å². The van der Waals surface area contributed by atoms with Crippen LogP contribution >= 0.6 is 0 Å². The number of hydrogen-bond acceptors (Lipinski definition) is 9. The normalized spacial score (nSPS) is 11.4. The second-order valence-corrected chi connectivity index (χ2v) is 9.09. The Balaban J connectivity index is 0.000000547. The SMILES string of the molecule is Cc1cccc(Nc2ccncc2S(=O)(=O)NC(=O)NC(C)C)c1.NC(CO)(CO)CO. The highest BCUT2D eigenvalue weighted by molar-refractivity contribution is 7.90. The molecule has 1 aromatic heterocycles. The van der Waals surface area contributed by atoms with E-state index in [2.05, 4.69) is 15.6 Å². The van der Waals surface area contributed by atoms with E-state index in [0.717, 1.165) is 11.3 Å². The molecule has 0 fully saturated rings. The first-order valence-corrected chi connectivity index (χ1v) is 11.2. The maximum Gasteiger partial charge on any atom is 0.328 e. The summed E-state index contributed by atoms with van der Waals surface area (Å²) in [5.41, 5.74) is 6.05. The molecule has 1 heterocycles. The van der Waals surface area contributed by atoms with Gasteiger partial charge in [-0.05, 0) is 44.5 Å². The lowest BCUT2D eigenvalue weighted by Gasteiger charge is -2.20. The van der Waals surface area contributed by atoms with Gasteiger partial charge in [-0.25, -0.2) is 17.9 Å². The Bertz CT molecular complexity index is 972. The molecule has 8 N–H and O–H groups in total. The number of benzene rings is 1. The third-order valence-corrected chi connectivity index (χ3v) is 5.32. The fourth-order valence-electron chi connectivity index (χ4n) is 2.19. The van der Waals surface area contributed by atoms with Gasteiger partial charge >= 0.3 is 6.03 Å². The summed E-state index contributed by atoms with van der Waals surface area (Å²) >= 11 is 0. The van der Waals surface area contributed by atoms with Crippen LogP contribution in [0.4, 0.5) is 16.2 Å². The predicted octanol–water partition coefficient (Wildman–Crippen LogP) is 0.191. The van der Waals surface area contributed by atoms with Crippen molar-refractivity contribution in [1.82, 2.24) is 15.0 Å². The zero-order valence-electron chi connectivity index (χ0n) is 18.2. The standard InChI is InChI=1S/C16H20N4O3S.C4H11NO3/c1-11(2)18-16(21)20-24(22,23)15-10-17-8-7-14(15)19-13-6-4-5-12(3)9-13;5-4(1-6,2-7)3-8/h4-11H,1-3H3,(H,17,19)(H2,18,20,21);6-8H,1-3,5H2. The van der Waals surface area contributed by atoms with Crippen molar-refractivity contribution in [2.45, 2.75) is 37.2 Å². The zero-order chi connectivity index (χ0) is 24.4. The molecule has 0 unspecified atom stereocenters. The molecule has 0 aliphatic rings. The lowest BCUT2D eigenvalue weighted by Crippen LogP contribution is -2.50. The summed E-state index contributed by atoms with van der Waals surface area (Å²) in [6, 6.07) is 8.08. The molecular formula is C20H31N5O6S. The van der Waals surface area contributed by atoms with E-state index in [1.54, 1.807) is 13.8 Å². The zero-order valence-corrected chi connectivity index (χ0v) is 19.1. The molecule has 11 nitrogen and oxygen atoms in total. The van der Waals surface area contributed by atoms with Gasteiger partial charge in [-0.3, -0.25) is 4.98 Å². The Labute approximate surface area is 187 Å². The molecule has 2 aromatic rings. The van der Waals surface area contributed by atoms with E-state index in [0.29, 0.717) is 5.69 Å². The van der Waals surface area contributed by atoms with Crippen molar-refractivity contribution in [2.24, 2.45) is 5.73 Å². The number of aliphatic hydroxyl groups is 3. The number of nitrogens with one attached hydrogen (secondary N) is 3. The van der Waals surface area contributed by atoms with Crippen molar-refractivity contribution in [3.05, 3.63) is 48.3 Å². The molecule has 0 saturated heterocycles. The van der Waals surface area contributed by atoms with E-state index in [1.165, 1.54) is 18.5 Å². The topological polar surface area (TPSA) is 187 Å². The second-order valence-electron chi connectivity index (χ2n) is 7.44. The molecule has 0 saturated carbocycles. The summed E-state index contributed by atoms with van der Waals surface area (Å²) in [5, 5.41) is 30.5. The lowest BCUT2D eigenvalue weighted by molar-refractivity contribution is 0.0697. The number of pyridine rings is 1. The molecule has 1 aromatic carbocycles. The first-order chi connectivity index (χ1) is 15.0. The summed E-state index contributed by atoms with van der Waals surface area (Å²) in [6.45, 7) is 4.20. The maximum atomic E-state index is 12.5. The molecule has 0 radical (unpaired) electrons. The largest absolute Gasteiger partial charge is 0.394 e. The number of nitrogens with two attached hydrogens (primary N) is 1. The molecule has 2 amide bonds. The van der Waals surface area contributed by atoms with Gasteiger partial charge in [-0.1, -0.05) is 12.1 Å². The minimum Gasteiger partial charge on any atom is -0.394 e. The molecule has 32 heavy (non-hydrogen) atoms. The molecule has 0 spiro atoms. The second kappa shape index (κ2) is 12.3. The summed E-state index contributed by atoms with van der Waals surface area (Å²) in [7, 11) is -4.05. The van der Waals surface area contributed by atoms with E-state index in [4.69, 9.17) is 21.1 Å². The summed E-state index contributed by atoms with van der Waals surface area (Å²) in [6.07, 6.45) is 2.68. The minimum absolute atomic E-state index is 0.106. The Kier molecular flexibility index (Phi) is 10.5. The van der Waals surface area contributed by atoms with Gasteiger partial charge in [0.15, 0.2) is 0 Å². The number of anilines is 2. The van der Waals surface area contributed by atoms with Gasteiger partial charge in [-0.15, -0.1) is 0 Å². The van der Waals surface area contributed by atoms with Crippen LogP contribution in [0.5, 0.6) is 0 Å². The highest BCUT2D eigenvalue weighted by atomic mass is 32.2. The van der Waals surface area contributed by atoms with E-state index < -0.39 is 41.4 Å². The van der Waals surface area contributed by atoms with Crippen molar-refractivity contribution < 1.29 is 28.5 Å². The molecule has 0 aliphatic carbocycles. The van der Waals surface area contributed by atoms with Crippen molar-refractivity contribution >= 4 is 27.4 Å². The number of aryl methyl sites for hydroxylation is 1. The van der Waals surface area contributed by atoms with E-state index >= 15 is 0 Å². The van der Waals surface area contributed by atoms with Crippen LogP contribution in [-0.4, -0.2) is 66.2 Å². The van der Waals surface area contributed by atoms with Gasteiger partial charge < -0.3 is 31.7 Å². The number of carbonyl (C=O) groups excluding carboxylic acids is 1. The lowest BCUT2D eigenvalue weighted by atomic mass is 10.1. The summed E-state index contributed by atoms with van der Waals surface area (Å²) < 4.78 is 26.9. The number of nitrogens with zero attached hydrogens (tertiary/aromatic N) is 1. The molecule has 12 heteroatoms. The van der Waals surface area contributed by atoms with Crippen molar-refractivity contribution in [3.8, 4) is 0 Å². The number of carbonyl (C=O) groups is 1. The van der Waals surface area contributed by atoms with Crippen LogP contribution in [-0.2, 0) is 10.0 Å². The van der Waals surface area contributed by atoms with Crippen molar-refractivity contribution in [1.29, 1.82) is 0 Å². The number of amides is 2.